The van der Waals surface area contributed by atoms with E-state index >= 15 is 0 Å². The first-order chi connectivity index (χ1) is 8.40. The zero-order valence-corrected chi connectivity index (χ0v) is 11.2. The molecule has 1 rings (SSSR count). The van der Waals surface area contributed by atoms with E-state index in [1.165, 1.54) is 12.3 Å². The number of halogens is 1. The second-order valence-corrected chi connectivity index (χ2v) is 4.97. The lowest BCUT2D eigenvalue weighted by Crippen LogP contribution is -2.33. The van der Waals surface area contributed by atoms with E-state index in [0.717, 1.165) is 0 Å². The number of nitrogens with one attached hydrogen (secondary N) is 1. The van der Waals surface area contributed by atoms with Gasteiger partial charge in [0.05, 0.1) is 23.6 Å². The predicted molar refractivity (Wildman–Crippen MR) is 71.5 cm³/mol. The molecule has 1 heterocycles. The van der Waals surface area contributed by atoms with Crippen molar-refractivity contribution in [3.05, 3.63) is 23.0 Å². The molecular formula is C12H18ClN3O2. The van der Waals surface area contributed by atoms with E-state index < -0.39 is 6.10 Å². The Morgan fingerprint density at radius 3 is 2.89 bits per heavy atom. The molecule has 4 N–H and O–H groups in total. The van der Waals surface area contributed by atoms with Crippen LogP contribution in [0.15, 0.2) is 12.3 Å². The van der Waals surface area contributed by atoms with Crippen LogP contribution in [0.1, 0.15) is 30.6 Å². The average Bonchev–Trinajstić information content (AvgIpc) is 2.28. The highest BCUT2D eigenvalue weighted by Gasteiger charge is 2.13. The van der Waals surface area contributed by atoms with Crippen LogP contribution in [0.2, 0.25) is 5.15 Å². The summed E-state index contributed by atoms with van der Waals surface area (Å²) in [6.45, 7) is 4.20. The van der Waals surface area contributed by atoms with Crippen LogP contribution in [-0.4, -0.2) is 28.6 Å². The molecule has 0 radical (unpaired) electrons. The summed E-state index contributed by atoms with van der Waals surface area (Å²) in [7, 11) is 0. The summed E-state index contributed by atoms with van der Waals surface area (Å²) in [5.41, 5.74) is 6.16. The molecule has 1 unspecified atom stereocenters. The number of aliphatic hydroxyl groups excluding tert-OH is 1. The van der Waals surface area contributed by atoms with E-state index in [1.54, 1.807) is 0 Å². The third-order valence-electron chi connectivity index (χ3n) is 2.39. The maximum Gasteiger partial charge on any atom is 0.253 e. The van der Waals surface area contributed by atoms with E-state index in [4.69, 9.17) is 17.3 Å². The van der Waals surface area contributed by atoms with Gasteiger partial charge in [-0.2, -0.15) is 0 Å². The van der Waals surface area contributed by atoms with Gasteiger partial charge in [0, 0.05) is 6.54 Å². The third-order valence-corrected chi connectivity index (χ3v) is 2.59. The molecule has 1 amide bonds. The van der Waals surface area contributed by atoms with Crippen molar-refractivity contribution < 1.29 is 9.90 Å². The highest BCUT2D eigenvalue weighted by atomic mass is 35.5. The zero-order chi connectivity index (χ0) is 13.7. The van der Waals surface area contributed by atoms with Crippen molar-refractivity contribution in [1.82, 2.24) is 10.3 Å². The first kappa shape index (κ1) is 14.7. The van der Waals surface area contributed by atoms with Gasteiger partial charge in [-0.15, -0.1) is 0 Å². The lowest BCUT2D eigenvalue weighted by atomic mass is 10.1. The Morgan fingerprint density at radius 2 is 2.28 bits per heavy atom. The van der Waals surface area contributed by atoms with E-state index in [2.05, 4.69) is 10.3 Å². The molecule has 0 spiro atoms. The molecule has 100 valence electrons. The van der Waals surface area contributed by atoms with Gasteiger partial charge in [-0.05, 0) is 18.4 Å². The topological polar surface area (TPSA) is 88.2 Å². The van der Waals surface area contributed by atoms with Gasteiger partial charge >= 0.3 is 0 Å². The molecule has 0 aromatic carbocycles. The molecule has 0 bridgehead atoms. The Bertz CT molecular complexity index is 424. The monoisotopic (exact) mass is 271 g/mol. The van der Waals surface area contributed by atoms with Gasteiger partial charge in [-0.1, -0.05) is 25.4 Å². The number of carbonyl (C=O) groups is 1. The van der Waals surface area contributed by atoms with Crippen molar-refractivity contribution >= 4 is 23.2 Å². The molecule has 0 aliphatic rings. The highest BCUT2D eigenvalue weighted by Crippen LogP contribution is 2.14. The number of nitrogens with zero attached hydrogens (tertiary/aromatic N) is 1. The van der Waals surface area contributed by atoms with Crippen molar-refractivity contribution in [3.8, 4) is 0 Å². The van der Waals surface area contributed by atoms with E-state index in [1.807, 2.05) is 13.8 Å². The first-order valence-electron chi connectivity index (χ1n) is 5.77. The van der Waals surface area contributed by atoms with Crippen LogP contribution in [-0.2, 0) is 0 Å². The van der Waals surface area contributed by atoms with Crippen molar-refractivity contribution in [2.75, 3.05) is 12.3 Å². The summed E-state index contributed by atoms with van der Waals surface area (Å²) < 4.78 is 0. The number of nitrogen functional groups attached to an aromatic ring is 1. The molecule has 0 saturated carbocycles. The normalized spacial score (nSPS) is 12.5. The molecular weight excluding hydrogens is 254 g/mol. The molecule has 5 nitrogen and oxygen atoms in total. The molecule has 6 heteroatoms. The number of hydrogen-bond donors (Lipinski definition) is 3. The Hall–Kier alpha value is -1.33. The number of aromatic nitrogens is 1. The molecule has 0 aliphatic heterocycles. The van der Waals surface area contributed by atoms with Gasteiger partial charge in [0.2, 0.25) is 0 Å². The first-order valence-corrected chi connectivity index (χ1v) is 6.15. The SMILES string of the molecule is CC(C)CC(O)CNC(=O)c1cc(Cl)ncc1N. The third kappa shape index (κ3) is 4.50. The lowest BCUT2D eigenvalue weighted by molar-refractivity contribution is 0.0901. The fraction of sp³-hybridized carbons (Fsp3) is 0.500. The van der Waals surface area contributed by atoms with Crippen LogP contribution in [0, 0.1) is 5.92 Å². The van der Waals surface area contributed by atoms with Gasteiger partial charge < -0.3 is 16.2 Å². The average molecular weight is 272 g/mol. The lowest BCUT2D eigenvalue weighted by Gasteiger charge is -2.14. The second-order valence-electron chi connectivity index (χ2n) is 4.59. The van der Waals surface area contributed by atoms with Crippen LogP contribution in [0.4, 0.5) is 5.69 Å². The van der Waals surface area contributed by atoms with Gasteiger partial charge in [0.1, 0.15) is 5.15 Å². The molecule has 0 aliphatic carbocycles. The molecule has 0 fully saturated rings. The zero-order valence-electron chi connectivity index (χ0n) is 10.5. The summed E-state index contributed by atoms with van der Waals surface area (Å²) in [5.74, 6) is 0.0111. The minimum atomic E-state index is -0.563. The van der Waals surface area contributed by atoms with Crippen LogP contribution < -0.4 is 11.1 Å². The van der Waals surface area contributed by atoms with Gasteiger partial charge in [0.25, 0.3) is 5.91 Å². The number of amides is 1. The van der Waals surface area contributed by atoms with Crippen molar-refractivity contribution in [2.45, 2.75) is 26.4 Å². The summed E-state index contributed by atoms with van der Waals surface area (Å²) >= 11 is 5.70. The van der Waals surface area contributed by atoms with Gasteiger partial charge in [-0.3, -0.25) is 4.79 Å². The van der Waals surface area contributed by atoms with Crippen molar-refractivity contribution in [1.29, 1.82) is 0 Å². The standard InChI is InChI=1S/C12H18ClN3O2/c1-7(2)3-8(17)5-16-12(18)9-4-11(13)15-6-10(9)14/h4,6-8,17H,3,5,14H2,1-2H3,(H,16,18). The smallest absolute Gasteiger partial charge is 0.253 e. The van der Waals surface area contributed by atoms with E-state index in [9.17, 15) is 9.90 Å². The molecule has 1 aromatic heterocycles. The Morgan fingerprint density at radius 1 is 1.61 bits per heavy atom. The van der Waals surface area contributed by atoms with Crippen molar-refractivity contribution in [3.63, 3.8) is 0 Å². The van der Waals surface area contributed by atoms with Crippen LogP contribution >= 0.6 is 11.6 Å². The largest absolute Gasteiger partial charge is 0.397 e. The number of anilines is 1. The Kier molecular flexibility index (Phi) is 5.37. The molecule has 1 atom stereocenters. The number of hydrogen-bond acceptors (Lipinski definition) is 4. The molecule has 1 aromatic rings. The quantitative estimate of drug-likeness (QED) is 0.708. The Labute approximate surface area is 111 Å². The minimum Gasteiger partial charge on any atom is -0.397 e. The fourth-order valence-electron chi connectivity index (χ4n) is 1.57. The Balaban J connectivity index is 2.58. The summed E-state index contributed by atoms with van der Waals surface area (Å²) in [6, 6.07) is 1.40. The minimum absolute atomic E-state index is 0.191. The maximum atomic E-state index is 11.8. The van der Waals surface area contributed by atoms with Crippen LogP contribution in [0.5, 0.6) is 0 Å². The predicted octanol–water partition coefficient (Wildman–Crippen LogP) is 1.45. The summed E-state index contributed by atoms with van der Waals surface area (Å²) in [5, 5.41) is 12.5. The summed E-state index contributed by atoms with van der Waals surface area (Å²) in [6.07, 6.45) is 1.40. The van der Waals surface area contributed by atoms with E-state index in [0.29, 0.717) is 12.3 Å². The number of pyridine rings is 1. The van der Waals surface area contributed by atoms with E-state index in [-0.39, 0.29) is 28.9 Å². The highest BCUT2D eigenvalue weighted by molar-refractivity contribution is 6.29. The van der Waals surface area contributed by atoms with Crippen LogP contribution in [0.3, 0.4) is 0 Å². The summed E-state index contributed by atoms with van der Waals surface area (Å²) in [4.78, 5) is 15.6. The second kappa shape index (κ2) is 6.56. The van der Waals surface area contributed by atoms with Gasteiger partial charge in [-0.25, -0.2) is 4.98 Å². The fourth-order valence-corrected chi connectivity index (χ4v) is 1.73. The number of nitrogens with two attached hydrogens (primary N) is 1. The number of carbonyl (C=O) groups excluding carboxylic acids is 1. The number of aliphatic hydroxyl groups is 1. The van der Waals surface area contributed by atoms with Crippen molar-refractivity contribution in [2.24, 2.45) is 5.92 Å². The van der Waals surface area contributed by atoms with Gasteiger partial charge in [0.15, 0.2) is 0 Å². The number of rotatable bonds is 5. The molecule has 0 saturated heterocycles. The van der Waals surface area contributed by atoms with Crippen LogP contribution in [0.25, 0.3) is 0 Å². The maximum absolute atomic E-state index is 11.8. The molecule has 18 heavy (non-hydrogen) atoms.